The van der Waals surface area contributed by atoms with Crippen LogP contribution in [0.2, 0.25) is 5.02 Å². The Bertz CT molecular complexity index is 723. The van der Waals surface area contributed by atoms with E-state index >= 15 is 0 Å². The van der Waals surface area contributed by atoms with Gasteiger partial charge in [-0.15, -0.1) is 0 Å². The fourth-order valence-electron chi connectivity index (χ4n) is 3.53. The Morgan fingerprint density at radius 3 is 2.44 bits per heavy atom. The first-order valence-corrected chi connectivity index (χ1v) is 10.1. The second-order valence-electron chi connectivity index (χ2n) is 7.47. The van der Waals surface area contributed by atoms with Gasteiger partial charge < -0.3 is 15.7 Å². The minimum Gasteiger partial charge on any atom is -0.393 e. The lowest BCUT2D eigenvalue weighted by Crippen LogP contribution is -2.32. The SMILES string of the molecule is CN1CCC(n2ncc(-c3cc(N)ncc3Cl)n2)CC1.OC1CCCCC1. The van der Waals surface area contributed by atoms with Crippen molar-refractivity contribution in [3.63, 3.8) is 0 Å². The van der Waals surface area contributed by atoms with Crippen molar-refractivity contribution in [3.05, 3.63) is 23.5 Å². The molecule has 1 saturated heterocycles. The zero-order chi connectivity index (χ0) is 19.2. The van der Waals surface area contributed by atoms with E-state index in [2.05, 4.69) is 27.1 Å². The fraction of sp³-hybridized carbons (Fsp3) is 0.632. The van der Waals surface area contributed by atoms with Gasteiger partial charge in [-0.3, -0.25) is 0 Å². The van der Waals surface area contributed by atoms with Gasteiger partial charge in [0.1, 0.15) is 11.5 Å². The molecule has 7 nitrogen and oxygen atoms in total. The average Bonchev–Trinajstić information content (AvgIpc) is 3.15. The molecule has 2 aromatic rings. The molecule has 4 rings (SSSR count). The van der Waals surface area contributed by atoms with Crippen molar-refractivity contribution < 1.29 is 5.11 Å². The summed E-state index contributed by atoms with van der Waals surface area (Å²) >= 11 is 6.14. The molecule has 0 unspecified atom stereocenters. The normalized spacial score (nSPS) is 19.5. The molecular formula is C19H29ClN6O. The van der Waals surface area contributed by atoms with Crippen molar-refractivity contribution in [2.24, 2.45) is 0 Å². The van der Waals surface area contributed by atoms with Gasteiger partial charge in [0.15, 0.2) is 0 Å². The smallest absolute Gasteiger partial charge is 0.124 e. The van der Waals surface area contributed by atoms with Crippen LogP contribution in [-0.2, 0) is 0 Å². The predicted molar refractivity (Wildman–Crippen MR) is 108 cm³/mol. The number of piperidine rings is 1. The van der Waals surface area contributed by atoms with E-state index in [1.165, 1.54) is 19.3 Å². The monoisotopic (exact) mass is 392 g/mol. The van der Waals surface area contributed by atoms with Crippen LogP contribution in [0.25, 0.3) is 11.3 Å². The number of nitrogens with two attached hydrogens (primary N) is 1. The highest BCUT2D eigenvalue weighted by Gasteiger charge is 2.20. The molecule has 3 N–H and O–H groups in total. The van der Waals surface area contributed by atoms with Crippen molar-refractivity contribution in [3.8, 4) is 11.3 Å². The maximum atomic E-state index is 8.91. The summed E-state index contributed by atoms with van der Waals surface area (Å²) in [4.78, 5) is 8.08. The molecule has 1 aliphatic carbocycles. The largest absolute Gasteiger partial charge is 0.393 e. The molecule has 1 saturated carbocycles. The standard InChI is InChI=1S/C13H17ClN6.C6H12O/c1-19-4-2-9(3-5-19)20-17-8-12(18-20)10-6-13(15)16-7-11(10)14;7-6-4-2-1-3-5-6/h6-9H,2-5H2,1H3,(H2,15,16);6-7H,1-5H2. The zero-order valence-electron chi connectivity index (χ0n) is 15.9. The Morgan fingerprint density at radius 2 is 1.81 bits per heavy atom. The molecule has 0 bridgehead atoms. The van der Waals surface area contributed by atoms with Crippen LogP contribution in [0, 0.1) is 0 Å². The molecule has 3 heterocycles. The highest BCUT2D eigenvalue weighted by Crippen LogP contribution is 2.28. The van der Waals surface area contributed by atoms with Gasteiger partial charge in [-0.1, -0.05) is 30.9 Å². The second kappa shape index (κ2) is 9.48. The minimum absolute atomic E-state index is 0.0359. The number of hydrogen-bond donors (Lipinski definition) is 2. The number of rotatable bonds is 2. The highest BCUT2D eigenvalue weighted by atomic mass is 35.5. The van der Waals surface area contributed by atoms with E-state index in [9.17, 15) is 0 Å². The maximum absolute atomic E-state index is 8.91. The predicted octanol–water partition coefficient (Wildman–Crippen LogP) is 3.15. The lowest BCUT2D eigenvalue weighted by molar-refractivity contribution is 0.130. The van der Waals surface area contributed by atoms with E-state index in [4.69, 9.17) is 22.4 Å². The van der Waals surface area contributed by atoms with Gasteiger partial charge in [0.05, 0.1) is 23.4 Å². The number of nitrogens with zero attached hydrogens (tertiary/aromatic N) is 5. The van der Waals surface area contributed by atoms with Gasteiger partial charge in [-0.25, -0.2) is 4.98 Å². The van der Waals surface area contributed by atoms with Crippen LogP contribution < -0.4 is 5.73 Å². The molecule has 0 aromatic carbocycles. The van der Waals surface area contributed by atoms with Gasteiger partial charge >= 0.3 is 0 Å². The van der Waals surface area contributed by atoms with Crippen molar-refractivity contribution in [2.45, 2.75) is 57.1 Å². The number of hydrogen-bond acceptors (Lipinski definition) is 6. The average molecular weight is 393 g/mol. The molecule has 27 heavy (non-hydrogen) atoms. The zero-order valence-corrected chi connectivity index (χ0v) is 16.6. The number of anilines is 1. The summed E-state index contributed by atoms with van der Waals surface area (Å²) in [5.41, 5.74) is 7.21. The molecule has 0 radical (unpaired) electrons. The topological polar surface area (TPSA) is 93.1 Å². The van der Waals surface area contributed by atoms with E-state index in [0.717, 1.165) is 50.0 Å². The van der Waals surface area contributed by atoms with E-state index < -0.39 is 0 Å². The molecule has 0 amide bonds. The van der Waals surface area contributed by atoms with Crippen LogP contribution >= 0.6 is 11.6 Å². The van der Waals surface area contributed by atoms with Crippen LogP contribution in [-0.4, -0.2) is 56.2 Å². The van der Waals surface area contributed by atoms with Crippen LogP contribution in [0.4, 0.5) is 5.82 Å². The Hall–Kier alpha value is -1.70. The van der Waals surface area contributed by atoms with Crippen LogP contribution in [0.15, 0.2) is 18.5 Å². The minimum atomic E-state index is 0.0359. The first-order chi connectivity index (χ1) is 13.0. The summed E-state index contributed by atoms with van der Waals surface area (Å²) in [5.74, 6) is 0.429. The summed E-state index contributed by atoms with van der Waals surface area (Å²) in [6.07, 6.45) is 11.3. The quantitative estimate of drug-likeness (QED) is 0.815. The van der Waals surface area contributed by atoms with Crippen molar-refractivity contribution in [2.75, 3.05) is 25.9 Å². The Labute approximate surface area is 165 Å². The first kappa shape index (κ1) is 20.0. The number of nitrogen functional groups attached to an aromatic ring is 1. The molecule has 2 aromatic heterocycles. The van der Waals surface area contributed by atoms with Crippen molar-refractivity contribution >= 4 is 17.4 Å². The number of halogens is 1. The number of likely N-dealkylation sites (tertiary alicyclic amines) is 1. The van der Waals surface area contributed by atoms with Gasteiger partial charge in [-0.05, 0) is 51.9 Å². The Morgan fingerprint density at radius 1 is 1.11 bits per heavy atom. The second-order valence-corrected chi connectivity index (χ2v) is 7.87. The van der Waals surface area contributed by atoms with Gasteiger partial charge in [0.2, 0.25) is 0 Å². The third-order valence-electron chi connectivity index (χ3n) is 5.25. The summed E-state index contributed by atoms with van der Waals surface area (Å²) in [6, 6.07) is 2.09. The molecule has 8 heteroatoms. The van der Waals surface area contributed by atoms with Gasteiger partial charge in [0.25, 0.3) is 0 Å². The molecule has 2 fully saturated rings. The number of aliphatic hydroxyl groups is 1. The van der Waals surface area contributed by atoms with Crippen LogP contribution in [0.5, 0.6) is 0 Å². The molecule has 0 atom stereocenters. The van der Waals surface area contributed by atoms with Crippen molar-refractivity contribution in [1.82, 2.24) is 24.9 Å². The summed E-state index contributed by atoms with van der Waals surface area (Å²) in [7, 11) is 2.14. The molecule has 2 aliphatic rings. The summed E-state index contributed by atoms with van der Waals surface area (Å²) < 4.78 is 0. The third kappa shape index (κ3) is 5.64. The lowest BCUT2D eigenvalue weighted by Gasteiger charge is -2.28. The Balaban J connectivity index is 0.000000253. The number of aliphatic hydroxyl groups excluding tert-OH is 1. The van der Waals surface area contributed by atoms with E-state index in [0.29, 0.717) is 16.9 Å². The van der Waals surface area contributed by atoms with Gasteiger partial charge in [-0.2, -0.15) is 15.0 Å². The molecule has 0 spiro atoms. The van der Waals surface area contributed by atoms with E-state index in [1.807, 2.05) is 0 Å². The third-order valence-corrected chi connectivity index (χ3v) is 5.55. The maximum Gasteiger partial charge on any atom is 0.124 e. The molecule has 1 aliphatic heterocycles. The van der Waals surface area contributed by atoms with E-state index in [-0.39, 0.29) is 6.10 Å². The number of aromatic nitrogens is 4. The number of pyridine rings is 1. The molecular weight excluding hydrogens is 364 g/mol. The lowest BCUT2D eigenvalue weighted by atomic mass is 9.98. The van der Waals surface area contributed by atoms with Crippen LogP contribution in [0.1, 0.15) is 51.0 Å². The Kier molecular flexibility index (Phi) is 7.04. The highest BCUT2D eigenvalue weighted by molar-refractivity contribution is 6.33. The molecule has 148 valence electrons. The van der Waals surface area contributed by atoms with Crippen LogP contribution in [0.3, 0.4) is 0 Å². The summed E-state index contributed by atoms with van der Waals surface area (Å²) in [6.45, 7) is 2.15. The fourth-order valence-corrected chi connectivity index (χ4v) is 3.73. The first-order valence-electron chi connectivity index (χ1n) is 9.73. The van der Waals surface area contributed by atoms with Crippen molar-refractivity contribution in [1.29, 1.82) is 0 Å². The summed E-state index contributed by atoms with van der Waals surface area (Å²) in [5, 5.41) is 18.4. The van der Waals surface area contributed by atoms with E-state index in [1.54, 1.807) is 23.3 Å². The van der Waals surface area contributed by atoms with Gasteiger partial charge in [0, 0.05) is 11.8 Å².